The average Bonchev–Trinajstić information content (AvgIpc) is 3.13. The van der Waals surface area contributed by atoms with Crippen molar-refractivity contribution in [3.63, 3.8) is 0 Å². The fourth-order valence-corrected chi connectivity index (χ4v) is 4.25. The highest BCUT2D eigenvalue weighted by Crippen LogP contribution is 2.28. The Hall–Kier alpha value is -2.95. The summed E-state index contributed by atoms with van der Waals surface area (Å²) >= 11 is 0. The zero-order valence-corrected chi connectivity index (χ0v) is 17.4. The SMILES string of the molecule is Cc1cccc(Cc2cc(C)nc(C3CCCN(C(=O)c4nccn4C)C3)c2)c1. The Balaban J connectivity index is 1.53. The first-order valence-electron chi connectivity index (χ1n) is 10.3. The van der Waals surface area contributed by atoms with Crippen LogP contribution >= 0.6 is 0 Å². The zero-order valence-electron chi connectivity index (χ0n) is 17.4. The molecule has 5 heteroatoms. The molecular weight excluding hydrogens is 360 g/mol. The Kier molecular flexibility index (Phi) is 5.47. The summed E-state index contributed by atoms with van der Waals surface area (Å²) < 4.78 is 1.79. The van der Waals surface area contributed by atoms with Gasteiger partial charge in [-0.3, -0.25) is 9.78 Å². The van der Waals surface area contributed by atoms with Crippen LogP contribution < -0.4 is 0 Å². The highest BCUT2D eigenvalue weighted by atomic mass is 16.2. The van der Waals surface area contributed by atoms with Crippen molar-refractivity contribution in [1.29, 1.82) is 0 Å². The third-order valence-corrected chi connectivity index (χ3v) is 5.66. The first-order chi connectivity index (χ1) is 14.0. The van der Waals surface area contributed by atoms with Gasteiger partial charge in [-0.2, -0.15) is 0 Å². The molecule has 1 aliphatic rings. The molecule has 1 fully saturated rings. The Morgan fingerprint density at radius 2 is 2.03 bits per heavy atom. The number of aromatic nitrogens is 3. The van der Waals surface area contributed by atoms with Crippen LogP contribution in [0.15, 0.2) is 48.8 Å². The number of benzene rings is 1. The molecule has 0 N–H and O–H groups in total. The van der Waals surface area contributed by atoms with E-state index in [0.29, 0.717) is 12.4 Å². The molecule has 0 bridgehead atoms. The molecule has 29 heavy (non-hydrogen) atoms. The minimum absolute atomic E-state index is 0.00911. The second-order valence-electron chi connectivity index (χ2n) is 8.16. The normalized spacial score (nSPS) is 16.8. The van der Waals surface area contributed by atoms with Gasteiger partial charge in [0.05, 0.1) is 0 Å². The van der Waals surface area contributed by atoms with Gasteiger partial charge < -0.3 is 9.47 Å². The minimum Gasteiger partial charge on any atom is -0.335 e. The summed E-state index contributed by atoms with van der Waals surface area (Å²) in [5, 5.41) is 0. The highest BCUT2D eigenvalue weighted by Gasteiger charge is 2.28. The number of likely N-dealkylation sites (tertiary alicyclic amines) is 1. The van der Waals surface area contributed by atoms with Crippen LogP contribution in [0, 0.1) is 13.8 Å². The van der Waals surface area contributed by atoms with Gasteiger partial charge in [0.25, 0.3) is 5.91 Å². The molecule has 0 spiro atoms. The van der Waals surface area contributed by atoms with Crippen molar-refractivity contribution in [2.75, 3.05) is 13.1 Å². The largest absolute Gasteiger partial charge is 0.335 e. The summed E-state index contributed by atoms with van der Waals surface area (Å²) in [5.74, 6) is 0.780. The second kappa shape index (κ2) is 8.19. The van der Waals surface area contributed by atoms with Crippen molar-refractivity contribution in [3.8, 4) is 0 Å². The third-order valence-electron chi connectivity index (χ3n) is 5.66. The summed E-state index contributed by atoms with van der Waals surface area (Å²) in [6.07, 6.45) is 6.44. The summed E-state index contributed by atoms with van der Waals surface area (Å²) in [5.41, 5.74) is 6.02. The summed E-state index contributed by atoms with van der Waals surface area (Å²) in [6.45, 7) is 5.67. The Morgan fingerprint density at radius 1 is 1.17 bits per heavy atom. The molecule has 4 rings (SSSR count). The second-order valence-corrected chi connectivity index (χ2v) is 8.16. The van der Waals surface area contributed by atoms with E-state index < -0.39 is 0 Å². The molecule has 1 saturated heterocycles. The van der Waals surface area contributed by atoms with Crippen LogP contribution in [0.1, 0.15) is 57.5 Å². The monoisotopic (exact) mass is 388 g/mol. The lowest BCUT2D eigenvalue weighted by molar-refractivity contribution is 0.0690. The van der Waals surface area contributed by atoms with Gasteiger partial charge in [-0.05, 0) is 56.4 Å². The van der Waals surface area contributed by atoms with Crippen LogP contribution in [0.2, 0.25) is 0 Å². The van der Waals surface area contributed by atoms with E-state index in [-0.39, 0.29) is 11.8 Å². The van der Waals surface area contributed by atoms with Crippen LogP contribution in [-0.2, 0) is 13.5 Å². The summed E-state index contributed by atoms with van der Waals surface area (Å²) in [4.78, 5) is 23.9. The first kappa shape index (κ1) is 19.4. The Bertz CT molecular complexity index is 1020. The predicted octanol–water partition coefficient (Wildman–Crippen LogP) is 4.04. The molecule has 1 aliphatic heterocycles. The Morgan fingerprint density at radius 3 is 2.79 bits per heavy atom. The van der Waals surface area contributed by atoms with Crippen molar-refractivity contribution >= 4 is 5.91 Å². The fraction of sp³-hybridized carbons (Fsp3) is 0.375. The van der Waals surface area contributed by atoms with Crippen LogP contribution in [0.5, 0.6) is 0 Å². The van der Waals surface area contributed by atoms with Gasteiger partial charge in [0.15, 0.2) is 5.82 Å². The molecule has 150 valence electrons. The minimum atomic E-state index is 0.00911. The van der Waals surface area contributed by atoms with E-state index in [4.69, 9.17) is 4.98 Å². The van der Waals surface area contributed by atoms with Crippen molar-refractivity contribution in [1.82, 2.24) is 19.4 Å². The molecule has 1 aromatic carbocycles. The maximum atomic E-state index is 12.9. The van der Waals surface area contributed by atoms with E-state index >= 15 is 0 Å². The average molecular weight is 389 g/mol. The predicted molar refractivity (Wildman–Crippen MR) is 114 cm³/mol. The Labute approximate surface area is 172 Å². The number of hydrogen-bond acceptors (Lipinski definition) is 3. The van der Waals surface area contributed by atoms with Crippen LogP contribution in [-0.4, -0.2) is 38.4 Å². The van der Waals surface area contributed by atoms with Gasteiger partial charge in [-0.25, -0.2) is 4.98 Å². The third kappa shape index (κ3) is 4.39. The van der Waals surface area contributed by atoms with Crippen LogP contribution in [0.4, 0.5) is 0 Å². The van der Waals surface area contributed by atoms with Gasteiger partial charge in [0.1, 0.15) is 0 Å². The highest BCUT2D eigenvalue weighted by molar-refractivity contribution is 5.90. The topological polar surface area (TPSA) is 51.0 Å². The standard InChI is InChI=1S/C24H28N4O/c1-17-6-4-7-19(12-17)14-20-13-18(2)26-22(15-20)21-8-5-10-28(16-21)24(29)23-25-9-11-27(23)3/h4,6-7,9,11-13,15,21H,5,8,10,14,16H2,1-3H3. The molecule has 2 aromatic heterocycles. The number of imidazole rings is 1. The van der Waals surface area contributed by atoms with E-state index in [9.17, 15) is 4.79 Å². The summed E-state index contributed by atoms with van der Waals surface area (Å²) in [6, 6.07) is 13.1. The van der Waals surface area contributed by atoms with Gasteiger partial charge in [0, 0.05) is 49.8 Å². The number of nitrogens with zero attached hydrogens (tertiary/aromatic N) is 4. The van der Waals surface area contributed by atoms with Crippen molar-refractivity contribution < 1.29 is 4.79 Å². The van der Waals surface area contributed by atoms with Gasteiger partial charge in [-0.1, -0.05) is 29.8 Å². The van der Waals surface area contributed by atoms with E-state index in [2.05, 4.69) is 55.2 Å². The molecule has 0 saturated carbocycles. The molecule has 1 unspecified atom stereocenters. The lowest BCUT2D eigenvalue weighted by Crippen LogP contribution is -2.40. The molecule has 3 aromatic rings. The molecular formula is C24H28N4O. The lowest BCUT2D eigenvalue weighted by atomic mass is 9.92. The number of rotatable bonds is 4. The number of piperidine rings is 1. The van der Waals surface area contributed by atoms with Crippen LogP contribution in [0.25, 0.3) is 0 Å². The molecule has 5 nitrogen and oxygen atoms in total. The molecule has 0 aliphatic carbocycles. The first-order valence-corrected chi connectivity index (χ1v) is 10.3. The number of carbonyl (C=O) groups excluding carboxylic acids is 1. The van der Waals surface area contributed by atoms with Gasteiger partial charge in [0.2, 0.25) is 0 Å². The van der Waals surface area contributed by atoms with Crippen molar-refractivity contribution in [2.24, 2.45) is 7.05 Å². The smallest absolute Gasteiger partial charge is 0.289 e. The number of carbonyl (C=O) groups is 1. The van der Waals surface area contributed by atoms with Crippen molar-refractivity contribution in [2.45, 2.75) is 39.0 Å². The molecule has 1 atom stereocenters. The zero-order chi connectivity index (χ0) is 20.4. The number of aryl methyl sites for hydroxylation is 3. The maximum Gasteiger partial charge on any atom is 0.289 e. The van der Waals surface area contributed by atoms with Crippen LogP contribution in [0.3, 0.4) is 0 Å². The van der Waals surface area contributed by atoms with Gasteiger partial charge in [-0.15, -0.1) is 0 Å². The number of amides is 1. The van der Waals surface area contributed by atoms with E-state index in [1.165, 1.54) is 16.7 Å². The van der Waals surface area contributed by atoms with Gasteiger partial charge >= 0.3 is 0 Å². The lowest BCUT2D eigenvalue weighted by Gasteiger charge is -2.32. The van der Waals surface area contributed by atoms with Crippen molar-refractivity contribution in [3.05, 3.63) is 82.7 Å². The van der Waals surface area contributed by atoms with E-state index in [0.717, 1.165) is 37.2 Å². The number of pyridine rings is 1. The molecule has 1 amide bonds. The maximum absolute atomic E-state index is 12.9. The molecule has 3 heterocycles. The summed E-state index contributed by atoms with van der Waals surface area (Å²) in [7, 11) is 1.86. The van der Waals surface area contributed by atoms with E-state index in [1.54, 1.807) is 10.8 Å². The van der Waals surface area contributed by atoms with E-state index in [1.807, 2.05) is 18.1 Å². The quantitative estimate of drug-likeness (QED) is 0.678. The fourth-order valence-electron chi connectivity index (χ4n) is 4.25. The number of hydrogen-bond donors (Lipinski definition) is 0. The molecule has 0 radical (unpaired) electrons.